The van der Waals surface area contributed by atoms with Crippen molar-refractivity contribution >= 4 is 17.6 Å². The van der Waals surface area contributed by atoms with Gasteiger partial charge in [0.1, 0.15) is 5.56 Å². The molecule has 25 heavy (non-hydrogen) atoms. The molecule has 1 N–H and O–H groups in total. The van der Waals surface area contributed by atoms with Gasteiger partial charge in [0.05, 0.1) is 25.0 Å². The molecule has 0 saturated heterocycles. The molecule has 1 aromatic heterocycles. The zero-order chi connectivity index (χ0) is 18.4. The largest absolute Gasteiger partial charge is 0.477 e. The third-order valence-corrected chi connectivity index (χ3v) is 3.49. The van der Waals surface area contributed by atoms with Gasteiger partial charge < -0.3 is 14.8 Å². The van der Waals surface area contributed by atoms with Crippen LogP contribution in [0.2, 0.25) is 0 Å². The van der Waals surface area contributed by atoms with Crippen molar-refractivity contribution in [2.75, 3.05) is 19.0 Å². The van der Waals surface area contributed by atoms with E-state index in [0.29, 0.717) is 29.3 Å². The van der Waals surface area contributed by atoms with E-state index in [9.17, 15) is 9.59 Å². The molecule has 0 aliphatic carbocycles. The van der Waals surface area contributed by atoms with Crippen molar-refractivity contribution in [2.24, 2.45) is 5.92 Å². The van der Waals surface area contributed by atoms with Crippen molar-refractivity contribution < 1.29 is 19.1 Å². The predicted octanol–water partition coefficient (Wildman–Crippen LogP) is 3.46. The molecule has 0 unspecified atom stereocenters. The van der Waals surface area contributed by atoms with Crippen molar-refractivity contribution in [1.82, 2.24) is 4.98 Å². The van der Waals surface area contributed by atoms with E-state index in [-0.39, 0.29) is 5.88 Å². The Bertz CT molecular complexity index is 772. The minimum absolute atomic E-state index is 0.266. The molecule has 132 valence electrons. The second kappa shape index (κ2) is 8.28. The smallest absolute Gasteiger partial charge is 0.339 e. The average molecular weight is 342 g/mol. The molecule has 0 bridgehead atoms. The Morgan fingerprint density at radius 1 is 1.16 bits per heavy atom. The maximum absolute atomic E-state index is 12.7. The molecule has 0 radical (unpaired) electrons. The third-order valence-electron chi connectivity index (χ3n) is 3.49. The van der Waals surface area contributed by atoms with Gasteiger partial charge in [0.2, 0.25) is 5.88 Å². The molecule has 0 spiro atoms. The molecule has 0 atom stereocenters. The quantitative estimate of drug-likeness (QED) is 0.814. The molecule has 1 aromatic carbocycles. The molecule has 6 heteroatoms. The lowest BCUT2D eigenvalue weighted by molar-refractivity contribution is 0.0602. The number of methoxy groups -OCH3 is 1. The standard InChI is InChI=1S/C19H22N2O4/c1-12(2)11-25-18-15(9-6-10-20-18)17(22)21-16-13(3)7-5-8-14(16)19(23)24-4/h5-10,12H,11H2,1-4H3,(H,21,22). The first-order valence-corrected chi connectivity index (χ1v) is 8.01. The summed E-state index contributed by atoms with van der Waals surface area (Å²) in [5, 5.41) is 2.78. The fraction of sp³-hybridized carbons (Fsp3) is 0.316. The number of hydrogen-bond acceptors (Lipinski definition) is 5. The summed E-state index contributed by atoms with van der Waals surface area (Å²) in [6, 6.07) is 8.44. The zero-order valence-corrected chi connectivity index (χ0v) is 14.8. The Morgan fingerprint density at radius 2 is 1.88 bits per heavy atom. The molecule has 6 nitrogen and oxygen atoms in total. The van der Waals surface area contributed by atoms with Crippen molar-refractivity contribution in [3.8, 4) is 5.88 Å². The topological polar surface area (TPSA) is 77.5 Å². The normalized spacial score (nSPS) is 10.4. The Labute approximate surface area is 147 Å². The second-order valence-electron chi connectivity index (χ2n) is 6.00. The molecule has 2 rings (SSSR count). The number of nitrogens with zero attached hydrogens (tertiary/aromatic N) is 1. The van der Waals surface area contributed by atoms with Crippen LogP contribution in [0.25, 0.3) is 0 Å². The van der Waals surface area contributed by atoms with E-state index >= 15 is 0 Å². The second-order valence-corrected chi connectivity index (χ2v) is 6.00. The summed E-state index contributed by atoms with van der Waals surface area (Å²) in [7, 11) is 1.30. The number of nitrogens with one attached hydrogen (secondary N) is 1. The summed E-state index contributed by atoms with van der Waals surface area (Å²) < 4.78 is 10.4. The maximum atomic E-state index is 12.7. The van der Waals surface area contributed by atoms with Crippen LogP contribution in [0, 0.1) is 12.8 Å². The Kier molecular flexibility index (Phi) is 6.11. The van der Waals surface area contributed by atoms with E-state index in [1.165, 1.54) is 7.11 Å². The highest BCUT2D eigenvalue weighted by Gasteiger charge is 2.19. The highest BCUT2D eigenvalue weighted by atomic mass is 16.5. The van der Waals surface area contributed by atoms with E-state index in [1.807, 2.05) is 26.8 Å². The van der Waals surface area contributed by atoms with Crippen molar-refractivity contribution in [3.63, 3.8) is 0 Å². The number of carbonyl (C=O) groups is 2. The van der Waals surface area contributed by atoms with Crippen LogP contribution in [0.3, 0.4) is 0 Å². The van der Waals surface area contributed by atoms with E-state index < -0.39 is 11.9 Å². The number of rotatable bonds is 6. The summed E-state index contributed by atoms with van der Waals surface area (Å²) >= 11 is 0. The fourth-order valence-corrected chi connectivity index (χ4v) is 2.22. The van der Waals surface area contributed by atoms with E-state index in [2.05, 4.69) is 10.3 Å². The number of aryl methyl sites for hydroxylation is 1. The number of hydrogen-bond donors (Lipinski definition) is 1. The lowest BCUT2D eigenvalue weighted by Gasteiger charge is -2.15. The van der Waals surface area contributed by atoms with Crippen molar-refractivity contribution in [2.45, 2.75) is 20.8 Å². The van der Waals surface area contributed by atoms with Crippen LogP contribution in [0.15, 0.2) is 36.5 Å². The Balaban J connectivity index is 2.31. The molecule has 2 aromatic rings. The number of anilines is 1. The molecule has 0 aliphatic heterocycles. The van der Waals surface area contributed by atoms with Crippen molar-refractivity contribution in [3.05, 3.63) is 53.2 Å². The molecule has 1 heterocycles. The van der Waals surface area contributed by atoms with Crippen LogP contribution < -0.4 is 10.1 Å². The Hall–Kier alpha value is -2.89. The molecular formula is C19H22N2O4. The average Bonchev–Trinajstić information content (AvgIpc) is 2.61. The lowest BCUT2D eigenvalue weighted by atomic mass is 10.1. The van der Waals surface area contributed by atoms with Gasteiger partial charge >= 0.3 is 5.97 Å². The lowest BCUT2D eigenvalue weighted by Crippen LogP contribution is -2.18. The number of carbonyl (C=O) groups excluding carboxylic acids is 2. The Morgan fingerprint density at radius 3 is 2.56 bits per heavy atom. The molecule has 0 aliphatic rings. The number of esters is 1. The summed E-state index contributed by atoms with van der Waals surface area (Å²) in [6.07, 6.45) is 1.57. The first kappa shape index (κ1) is 18.4. The number of pyridine rings is 1. The minimum atomic E-state index is -0.513. The fourth-order valence-electron chi connectivity index (χ4n) is 2.22. The summed E-state index contributed by atoms with van der Waals surface area (Å²) in [5.74, 6) is -0.338. The van der Waals surface area contributed by atoms with Gasteiger partial charge in [-0.15, -0.1) is 0 Å². The number of ether oxygens (including phenoxy) is 2. The number of benzene rings is 1. The van der Waals surface area contributed by atoms with Gasteiger partial charge in [-0.3, -0.25) is 4.79 Å². The third kappa shape index (κ3) is 4.56. The van der Waals surface area contributed by atoms with Gasteiger partial charge in [0.15, 0.2) is 0 Å². The molecule has 1 amide bonds. The molecule has 0 saturated carbocycles. The van der Waals surface area contributed by atoms with Crippen LogP contribution in [-0.4, -0.2) is 30.6 Å². The molecular weight excluding hydrogens is 320 g/mol. The van der Waals surface area contributed by atoms with Gasteiger partial charge in [-0.25, -0.2) is 9.78 Å². The number of amides is 1. The van der Waals surface area contributed by atoms with Gasteiger partial charge in [0.25, 0.3) is 5.91 Å². The van der Waals surface area contributed by atoms with Crippen LogP contribution in [0.5, 0.6) is 5.88 Å². The first-order chi connectivity index (χ1) is 11.9. The summed E-state index contributed by atoms with van der Waals surface area (Å²) in [5.41, 5.74) is 1.77. The van der Waals surface area contributed by atoms with Crippen LogP contribution >= 0.6 is 0 Å². The summed E-state index contributed by atoms with van der Waals surface area (Å²) in [4.78, 5) is 28.8. The predicted molar refractivity (Wildman–Crippen MR) is 95.0 cm³/mol. The van der Waals surface area contributed by atoms with Crippen LogP contribution in [0.1, 0.15) is 40.1 Å². The monoisotopic (exact) mass is 342 g/mol. The van der Waals surface area contributed by atoms with Crippen LogP contribution in [-0.2, 0) is 4.74 Å². The number of aromatic nitrogens is 1. The summed E-state index contributed by atoms with van der Waals surface area (Å²) in [6.45, 7) is 6.29. The minimum Gasteiger partial charge on any atom is -0.477 e. The van der Waals surface area contributed by atoms with E-state index in [4.69, 9.17) is 9.47 Å². The van der Waals surface area contributed by atoms with E-state index in [0.717, 1.165) is 5.56 Å². The van der Waals surface area contributed by atoms with Gasteiger partial charge in [0, 0.05) is 6.20 Å². The highest BCUT2D eigenvalue weighted by Crippen LogP contribution is 2.24. The first-order valence-electron chi connectivity index (χ1n) is 8.01. The van der Waals surface area contributed by atoms with Crippen molar-refractivity contribution in [1.29, 1.82) is 0 Å². The SMILES string of the molecule is COC(=O)c1cccc(C)c1NC(=O)c1cccnc1OCC(C)C. The highest BCUT2D eigenvalue weighted by molar-refractivity contribution is 6.09. The van der Waals surface area contributed by atoms with Crippen LogP contribution in [0.4, 0.5) is 5.69 Å². The molecule has 0 fully saturated rings. The van der Waals surface area contributed by atoms with E-state index in [1.54, 1.807) is 30.5 Å². The van der Waals surface area contributed by atoms with Gasteiger partial charge in [-0.2, -0.15) is 0 Å². The maximum Gasteiger partial charge on any atom is 0.339 e. The zero-order valence-electron chi connectivity index (χ0n) is 14.8. The number of para-hydroxylation sites is 1. The van der Waals surface area contributed by atoms with Gasteiger partial charge in [-0.1, -0.05) is 26.0 Å². The van der Waals surface area contributed by atoms with Gasteiger partial charge in [-0.05, 0) is 36.6 Å².